The molecule has 0 radical (unpaired) electrons. The average Bonchev–Trinajstić information content (AvgIpc) is 3.15. The molecular formula is C13H13ClN2O3. The van der Waals surface area contributed by atoms with E-state index in [1.54, 1.807) is 18.2 Å². The first kappa shape index (κ1) is 12.3. The van der Waals surface area contributed by atoms with Crippen LogP contribution in [-0.4, -0.2) is 23.5 Å². The Morgan fingerprint density at radius 1 is 1.53 bits per heavy atom. The van der Waals surface area contributed by atoms with E-state index in [4.69, 9.17) is 16.3 Å². The fourth-order valence-electron chi connectivity index (χ4n) is 1.90. The van der Waals surface area contributed by atoms with Gasteiger partial charge < -0.3 is 15.4 Å². The van der Waals surface area contributed by atoms with Crippen molar-refractivity contribution in [2.24, 2.45) is 0 Å². The van der Waals surface area contributed by atoms with Gasteiger partial charge in [-0.15, -0.1) is 0 Å². The van der Waals surface area contributed by atoms with Crippen LogP contribution in [0.1, 0.15) is 19.8 Å². The zero-order chi connectivity index (χ0) is 13.6. The summed E-state index contributed by atoms with van der Waals surface area (Å²) in [7, 11) is 0. The number of hydrogen-bond donors (Lipinski definition) is 2. The number of nitrogens with one attached hydrogen (secondary N) is 2. The Bertz CT molecular complexity index is 571. The third-order valence-electron chi connectivity index (χ3n) is 3.28. The summed E-state index contributed by atoms with van der Waals surface area (Å²) >= 11 is 5.85. The Morgan fingerprint density at radius 3 is 2.95 bits per heavy atom. The first-order valence-corrected chi connectivity index (χ1v) is 6.48. The number of carbonyl (C=O) groups excluding carboxylic acids is 2. The van der Waals surface area contributed by atoms with Gasteiger partial charge in [0.2, 0.25) is 0 Å². The van der Waals surface area contributed by atoms with Crippen molar-refractivity contribution < 1.29 is 14.3 Å². The largest absolute Gasteiger partial charge is 0.466 e. The monoisotopic (exact) mass is 280 g/mol. The van der Waals surface area contributed by atoms with E-state index < -0.39 is 17.4 Å². The second-order valence-corrected chi connectivity index (χ2v) is 5.41. The molecule has 3 rings (SSSR count). The lowest BCUT2D eigenvalue weighted by atomic mass is 10.0. The van der Waals surface area contributed by atoms with Gasteiger partial charge in [0.25, 0.3) is 17.4 Å². The zero-order valence-electron chi connectivity index (χ0n) is 10.3. The molecule has 19 heavy (non-hydrogen) atoms. The van der Waals surface area contributed by atoms with Crippen LogP contribution in [0.2, 0.25) is 5.02 Å². The zero-order valence-corrected chi connectivity index (χ0v) is 11.1. The number of amides is 2. The maximum Gasteiger partial charge on any atom is 0.278 e. The van der Waals surface area contributed by atoms with Gasteiger partial charge in [-0.3, -0.25) is 9.59 Å². The van der Waals surface area contributed by atoms with Crippen molar-refractivity contribution in [3.8, 4) is 5.75 Å². The summed E-state index contributed by atoms with van der Waals surface area (Å²) in [5.74, 6) is -0.453. The molecule has 2 amide bonds. The summed E-state index contributed by atoms with van der Waals surface area (Å²) in [6.45, 7) is 1.47. The Kier molecular flexibility index (Phi) is 2.67. The topological polar surface area (TPSA) is 67.4 Å². The van der Waals surface area contributed by atoms with Crippen molar-refractivity contribution >= 4 is 29.1 Å². The third kappa shape index (κ3) is 2.14. The minimum absolute atomic E-state index is 0.173. The molecule has 100 valence electrons. The number of benzene rings is 1. The predicted molar refractivity (Wildman–Crippen MR) is 70.3 cm³/mol. The van der Waals surface area contributed by atoms with Gasteiger partial charge in [0.1, 0.15) is 5.75 Å². The standard InChI is InChI=1S/C13H13ClN2O3/c1-13(11(17)15-8-3-4-8)12(18)16-9-6-7(14)2-5-10(9)19-13/h2,5-6,8H,3-4H2,1H3,(H,15,17)(H,16,18)/t13-/m0/s1. The second kappa shape index (κ2) is 4.13. The van der Waals surface area contributed by atoms with Gasteiger partial charge in [0.05, 0.1) is 5.69 Å². The summed E-state index contributed by atoms with van der Waals surface area (Å²) < 4.78 is 5.59. The first-order valence-electron chi connectivity index (χ1n) is 6.10. The van der Waals surface area contributed by atoms with Crippen molar-refractivity contribution in [2.45, 2.75) is 31.4 Å². The highest BCUT2D eigenvalue weighted by molar-refractivity contribution is 6.31. The molecule has 0 saturated heterocycles. The van der Waals surface area contributed by atoms with Gasteiger partial charge in [-0.05, 0) is 38.0 Å². The maximum absolute atomic E-state index is 12.1. The summed E-state index contributed by atoms with van der Waals surface area (Å²) in [5.41, 5.74) is -1.06. The normalized spacial score (nSPS) is 25.1. The predicted octanol–water partition coefficient (Wildman–Crippen LogP) is 1.71. The fraction of sp³-hybridized carbons (Fsp3) is 0.385. The maximum atomic E-state index is 12.1. The highest BCUT2D eigenvalue weighted by Crippen LogP contribution is 2.36. The van der Waals surface area contributed by atoms with E-state index in [0.717, 1.165) is 12.8 Å². The van der Waals surface area contributed by atoms with Crippen LogP contribution < -0.4 is 15.4 Å². The van der Waals surface area contributed by atoms with Gasteiger partial charge in [-0.2, -0.15) is 0 Å². The molecule has 1 aliphatic carbocycles. The molecule has 1 aromatic rings. The van der Waals surface area contributed by atoms with E-state index in [1.807, 2.05) is 0 Å². The van der Waals surface area contributed by atoms with E-state index in [9.17, 15) is 9.59 Å². The van der Waals surface area contributed by atoms with Crippen molar-refractivity contribution in [3.63, 3.8) is 0 Å². The van der Waals surface area contributed by atoms with Crippen LogP contribution in [0.3, 0.4) is 0 Å². The Labute approximate surface area is 115 Å². The summed E-state index contributed by atoms with van der Waals surface area (Å²) in [6.07, 6.45) is 1.91. The quantitative estimate of drug-likeness (QED) is 0.811. The highest BCUT2D eigenvalue weighted by Gasteiger charge is 2.48. The minimum Gasteiger partial charge on any atom is -0.466 e. The molecule has 1 aliphatic heterocycles. The van der Waals surface area contributed by atoms with E-state index >= 15 is 0 Å². The SMILES string of the molecule is C[C@@]1(C(=O)NC2CC2)Oc2ccc(Cl)cc2NC1=O. The molecule has 1 heterocycles. The van der Waals surface area contributed by atoms with E-state index in [0.29, 0.717) is 16.5 Å². The van der Waals surface area contributed by atoms with Gasteiger partial charge in [-0.25, -0.2) is 0 Å². The highest BCUT2D eigenvalue weighted by atomic mass is 35.5. The molecule has 0 unspecified atom stereocenters. The van der Waals surface area contributed by atoms with E-state index in [-0.39, 0.29) is 6.04 Å². The number of ether oxygens (including phenoxy) is 1. The van der Waals surface area contributed by atoms with Crippen molar-refractivity contribution in [1.82, 2.24) is 5.32 Å². The van der Waals surface area contributed by atoms with Gasteiger partial charge in [0.15, 0.2) is 0 Å². The van der Waals surface area contributed by atoms with Crippen LogP contribution in [0.15, 0.2) is 18.2 Å². The number of hydrogen-bond acceptors (Lipinski definition) is 3. The molecule has 1 fully saturated rings. The molecule has 0 spiro atoms. The van der Waals surface area contributed by atoms with Crippen LogP contribution in [0.25, 0.3) is 0 Å². The molecule has 0 bridgehead atoms. The van der Waals surface area contributed by atoms with Crippen molar-refractivity contribution in [3.05, 3.63) is 23.2 Å². The second-order valence-electron chi connectivity index (χ2n) is 4.98. The first-order chi connectivity index (χ1) is 8.99. The Morgan fingerprint density at radius 2 is 2.26 bits per heavy atom. The van der Waals surface area contributed by atoms with Gasteiger partial charge in [0, 0.05) is 11.1 Å². The summed E-state index contributed by atoms with van der Waals surface area (Å²) in [4.78, 5) is 24.2. The van der Waals surface area contributed by atoms with Crippen LogP contribution >= 0.6 is 11.6 Å². The lowest BCUT2D eigenvalue weighted by Crippen LogP contribution is -2.59. The Balaban J connectivity index is 1.89. The van der Waals surface area contributed by atoms with Crippen LogP contribution in [0, 0.1) is 0 Å². The number of rotatable bonds is 2. The average molecular weight is 281 g/mol. The number of carbonyl (C=O) groups is 2. The molecule has 6 heteroatoms. The third-order valence-corrected chi connectivity index (χ3v) is 3.52. The molecular weight excluding hydrogens is 268 g/mol. The van der Waals surface area contributed by atoms with Gasteiger partial charge >= 0.3 is 0 Å². The molecule has 1 saturated carbocycles. The lowest BCUT2D eigenvalue weighted by molar-refractivity contribution is -0.146. The number of halogens is 1. The van der Waals surface area contributed by atoms with E-state index in [1.165, 1.54) is 6.92 Å². The molecule has 2 N–H and O–H groups in total. The summed E-state index contributed by atoms with van der Waals surface area (Å²) in [6, 6.07) is 5.05. The summed E-state index contributed by atoms with van der Waals surface area (Å²) in [5, 5.41) is 5.94. The lowest BCUT2D eigenvalue weighted by Gasteiger charge is -2.33. The number of anilines is 1. The minimum atomic E-state index is -1.54. The van der Waals surface area contributed by atoms with Crippen molar-refractivity contribution in [1.29, 1.82) is 0 Å². The number of fused-ring (bicyclic) bond motifs is 1. The van der Waals surface area contributed by atoms with Crippen molar-refractivity contribution in [2.75, 3.05) is 5.32 Å². The Hall–Kier alpha value is -1.75. The van der Waals surface area contributed by atoms with Crippen LogP contribution in [-0.2, 0) is 9.59 Å². The van der Waals surface area contributed by atoms with Gasteiger partial charge in [-0.1, -0.05) is 11.6 Å². The fourth-order valence-corrected chi connectivity index (χ4v) is 2.07. The molecule has 5 nitrogen and oxygen atoms in total. The van der Waals surface area contributed by atoms with E-state index in [2.05, 4.69) is 10.6 Å². The van der Waals surface area contributed by atoms with Crippen LogP contribution in [0.5, 0.6) is 5.75 Å². The van der Waals surface area contributed by atoms with Crippen LogP contribution in [0.4, 0.5) is 5.69 Å². The molecule has 0 aromatic heterocycles. The molecule has 1 aromatic carbocycles. The smallest absolute Gasteiger partial charge is 0.278 e. The molecule has 2 aliphatic rings. The molecule has 1 atom stereocenters.